The fourth-order valence-corrected chi connectivity index (χ4v) is 3.84. The second-order valence-corrected chi connectivity index (χ2v) is 7.23. The molecule has 2 aromatic carbocycles. The van der Waals surface area contributed by atoms with Gasteiger partial charge in [-0.05, 0) is 36.5 Å². The first-order valence-corrected chi connectivity index (χ1v) is 9.17. The average Bonchev–Trinajstić information content (AvgIpc) is 2.94. The van der Waals surface area contributed by atoms with Gasteiger partial charge < -0.3 is 0 Å². The number of benzene rings is 2. The first-order valence-electron chi connectivity index (χ1n) is 8.36. The minimum atomic E-state index is 1.000. The van der Waals surface area contributed by atoms with Crippen LogP contribution in [0.2, 0.25) is 0 Å². The van der Waals surface area contributed by atoms with Crippen LogP contribution >= 0.6 is 11.3 Å². The third kappa shape index (κ3) is 4.08. The molecule has 0 aliphatic heterocycles. The van der Waals surface area contributed by atoms with Crippen molar-refractivity contribution in [2.75, 3.05) is 0 Å². The molecule has 0 radical (unpaired) electrons. The van der Waals surface area contributed by atoms with E-state index in [0.29, 0.717) is 0 Å². The molecule has 0 amide bonds. The highest BCUT2D eigenvalue weighted by Crippen LogP contribution is 2.25. The molecule has 118 valence electrons. The smallest absolute Gasteiger partial charge is 0.0900 e. The molecule has 0 saturated carbocycles. The van der Waals surface area contributed by atoms with Crippen LogP contribution in [0.1, 0.15) is 40.9 Å². The van der Waals surface area contributed by atoms with Crippen molar-refractivity contribution in [2.24, 2.45) is 0 Å². The predicted octanol–water partition coefficient (Wildman–Crippen LogP) is 6.05. The summed E-state index contributed by atoms with van der Waals surface area (Å²) in [7, 11) is 0. The lowest BCUT2D eigenvalue weighted by Gasteiger charge is -2.05. The summed E-state index contributed by atoms with van der Waals surface area (Å²) in [6.45, 7) is 4.35. The number of hydrogen-bond donors (Lipinski definition) is 0. The van der Waals surface area contributed by atoms with Crippen molar-refractivity contribution in [1.82, 2.24) is 4.98 Å². The maximum Gasteiger partial charge on any atom is 0.0900 e. The molecule has 0 N–H and O–H groups in total. The third-order valence-electron chi connectivity index (χ3n) is 4.08. The van der Waals surface area contributed by atoms with E-state index in [-0.39, 0.29) is 0 Å². The molecule has 3 rings (SSSR count). The number of hydrogen-bond acceptors (Lipinski definition) is 2. The highest BCUT2D eigenvalue weighted by molar-refractivity contribution is 7.11. The number of thiazole rings is 1. The van der Waals surface area contributed by atoms with E-state index in [2.05, 4.69) is 68.4 Å². The number of aryl methyl sites for hydroxylation is 2. The van der Waals surface area contributed by atoms with Crippen molar-refractivity contribution in [3.8, 4) is 11.1 Å². The minimum absolute atomic E-state index is 1.000. The fraction of sp³-hybridized carbons (Fsp3) is 0.286. The summed E-state index contributed by atoms with van der Waals surface area (Å²) >= 11 is 1.85. The summed E-state index contributed by atoms with van der Waals surface area (Å²) in [6.07, 6.45) is 4.56. The predicted molar refractivity (Wildman–Crippen MR) is 100 cm³/mol. The van der Waals surface area contributed by atoms with Crippen LogP contribution in [0.15, 0.2) is 54.6 Å². The number of aromatic nitrogens is 1. The molecule has 3 aromatic rings. The van der Waals surface area contributed by atoms with E-state index in [1.807, 2.05) is 11.3 Å². The number of nitrogens with zero attached hydrogens (tertiary/aromatic N) is 1. The Morgan fingerprint density at radius 1 is 0.913 bits per heavy atom. The second-order valence-electron chi connectivity index (χ2n) is 5.95. The van der Waals surface area contributed by atoms with Crippen molar-refractivity contribution in [2.45, 2.75) is 39.5 Å². The molecule has 0 atom stereocenters. The van der Waals surface area contributed by atoms with Gasteiger partial charge in [0.15, 0.2) is 0 Å². The van der Waals surface area contributed by atoms with Crippen molar-refractivity contribution < 1.29 is 0 Å². The standard InChI is InChI=1S/C21H23NS/c1-3-4-10-20-21(23-16(2)22-20)15-17-11-13-19(14-12-17)18-8-6-5-7-9-18/h5-9,11-14H,3-4,10,15H2,1-2H3. The minimum Gasteiger partial charge on any atom is -0.246 e. The van der Waals surface area contributed by atoms with E-state index in [1.165, 1.54) is 45.1 Å². The lowest BCUT2D eigenvalue weighted by Crippen LogP contribution is -1.93. The van der Waals surface area contributed by atoms with Crippen LogP contribution in [-0.2, 0) is 12.8 Å². The fourth-order valence-electron chi connectivity index (χ4n) is 2.82. The summed E-state index contributed by atoms with van der Waals surface area (Å²) in [5, 5.41) is 1.19. The second kappa shape index (κ2) is 7.56. The maximum absolute atomic E-state index is 4.73. The van der Waals surface area contributed by atoms with Gasteiger partial charge in [-0.25, -0.2) is 4.98 Å². The Morgan fingerprint density at radius 3 is 2.30 bits per heavy atom. The SMILES string of the molecule is CCCCc1nc(C)sc1Cc1ccc(-c2ccccc2)cc1. The van der Waals surface area contributed by atoms with Crippen molar-refractivity contribution in [1.29, 1.82) is 0 Å². The summed E-state index contributed by atoms with van der Waals surface area (Å²) in [5.74, 6) is 0. The Hall–Kier alpha value is -1.93. The zero-order valence-corrected chi connectivity index (χ0v) is 14.7. The summed E-state index contributed by atoms with van der Waals surface area (Å²) < 4.78 is 0. The van der Waals surface area contributed by atoms with E-state index in [0.717, 1.165) is 12.8 Å². The van der Waals surface area contributed by atoms with E-state index >= 15 is 0 Å². The van der Waals surface area contributed by atoms with Gasteiger partial charge in [0, 0.05) is 11.3 Å². The average molecular weight is 321 g/mol. The first-order chi connectivity index (χ1) is 11.3. The van der Waals surface area contributed by atoms with Crippen LogP contribution in [0.25, 0.3) is 11.1 Å². The van der Waals surface area contributed by atoms with Gasteiger partial charge in [0.25, 0.3) is 0 Å². The molecule has 0 aliphatic rings. The van der Waals surface area contributed by atoms with Crippen LogP contribution in [-0.4, -0.2) is 4.98 Å². The molecule has 1 heterocycles. The molecular weight excluding hydrogens is 298 g/mol. The van der Waals surface area contributed by atoms with Gasteiger partial charge >= 0.3 is 0 Å². The van der Waals surface area contributed by atoms with E-state index in [4.69, 9.17) is 4.98 Å². The normalized spacial score (nSPS) is 10.9. The van der Waals surface area contributed by atoms with Gasteiger partial charge in [0.05, 0.1) is 10.7 Å². The maximum atomic E-state index is 4.73. The molecule has 23 heavy (non-hydrogen) atoms. The highest BCUT2D eigenvalue weighted by atomic mass is 32.1. The molecule has 1 nitrogen and oxygen atoms in total. The molecule has 0 unspecified atom stereocenters. The monoisotopic (exact) mass is 321 g/mol. The van der Waals surface area contributed by atoms with Crippen LogP contribution in [0.4, 0.5) is 0 Å². The Bertz CT molecular complexity index is 741. The number of rotatable bonds is 6. The molecule has 0 spiro atoms. The van der Waals surface area contributed by atoms with E-state index < -0.39 is 0 Å². The van der Waals surface area contributed by atoms with Crippen molar-refractivity contribution >= 4 is 11.3 Å². The molecule has 0 aliphatic carbocycles. The van der Waals surface area contributed by atoms with Gasteiger partial charge in [0.1, 0.15) is 0 Å². The van der Waals surface area contributed by atoms with Crippen LogP contribution < -0.4 is 0 Å². The van der Waals surface area contributed by atoms with Gasteiger partial charge in [-0.2, -0.15) is 0 Å². The summed E-state index contributed by atoms with van der Waals surface area (Å²) in [4.78, 5) is 6.16. The first kappa shape index (κ1) is 15.9. The third-order valence-corrected chi connectivity index (χ3v) is 5.09. The van der Waals surface area contributed by atoms with Crippen molar-refractivity contribution in [3.05, 3.63) is 75.7 Å². The van der Waals surface area contributed by atoms with E-state index in [1.54, 1.807) is 0 Å². The lowest BCUT2D eigenvalue weighted by molar-refractivity contribution is 0.773. The molecule has 1 aromatic heterocycles. The molecule has 2 heteroatoms. The summed E-state index contributed by atoms with van der Waals surface area (Å²) in [5.41, 5.74) is 5.23. The van der Waals surface area contributed by atoms with Crippen molar-refractivity contribution in [3.63, 3.8) is 0 Å². The number of unbranched alkanes of at least 4 members (excludes halogenated alkanes) is 1. The Morgan fingerprint density at radius 2 is 1.61 bits per heavy atom. The highest BCUT2D eigenvalue weighted by Gasteiger charge is 2.09. The molecule has 0 fully saturated rings. The molecular formula is C21H23NS. The largest absolute Gasteiger partial charge is 0.246 e. The topological polar surface area (TPSA) is 12.9 Å². The van der Waals surface area contributed by atoms with Gasteiger partial charge in [-0.15, -0.1) is 11.3 Å². The summed E-state index contributed by atoms with van der Waals surface area (Å²) in [6, 6.07) is 19.5. The zero-order chi connectivity index (χ0) is 16.1. The Labute approximate surface area is 143 Å². The Balaban J connectivity index is 1.76. The lowest BCUT2D eigenvalue weighted by atomic mass is 10.0. The van der Waals surface area contributed by atoms with Gasteiger partial charge in [-0.3, -0.25) is 0 Å². The molecule has 0 saturated heterocycles. The van der Waals surface area contributed by atoms with E-state index in [9.17, 15) is 0 Å². The van der Waals surface area contributed by atoms with Crippen LogP contribution in [0.5, 0.6) is 0 Å². The molecule has 0 bridgehead atoms. The zero-order valence-electron chi connectivity index (χ0n) is 13.9. The van der Waals surface area contributed by atoms with Gasteiger partial charge in [-0.1, -0.05) is 67.9 Å². The van der Waals surface area contributed by atoms with Crippen LogP contribution in [0, 0.1) is 6.92 Å². The quantitative estimate of drug-likeness (QED) is 0.538. The van der Waals surface area contributed by atoms with Crippen LogP contribution in [0.3, 0.4) is 0 Å². The van der Waals surface area contributed by atoms with Gasteiger partial charge in [0.2, 0.25) is 0 Å². The Kier molecular flexibility index (Phi) is 5.24.